The van der Waals surface area contributed by atoms with Crippen LogP contribution in [0.25, 0.3) is 6.08 Å². The lowest BCUT2D eigenvalue weighted by molar-refractivity contribution is -0.139. The van der Waals surface area contributed by atoms with E-state index >= 15 is 0 Å². The van der Waals surface area contributed by atoms with Gasteiger partial charge in [0.1, 0.15) is 11.8 Å². The number of ether oxygens (including phenoxy) is 1. The molecule has 0 radical (unpaired) electrons. The fourth-order valence-electron chi connectivity index (χ4n) is 3.29. The fraction of sp³-hybridized carbons (Fsp3) is 0.190. The normalized spacial score (nSPS) is 16.4. The van der Waals surface area contributed by atoms with Crippen molar-refractivity contribution in [1.29, 1.82) is 0 Å². The number of hydrogen-bond donors (Lipinski definition) is 1. The van der Waals surface area contributed by atoms with Crippen LogP contribution in [0.15, 0.2) is 61.2 Å². The lowest BCUT2D eigenvalue weighted by Gasteiger charge is -2.23. The molecule has 1 aliphatic heterocycles. The smallest absolute Gasteiger partial charge is 0.338 e. The highest BCUT2D eigenvalue weighted by atomic mass is 79.9. The van der Waals surface area contributed by atoms with Crippen molar-refractivity contribution in [3.63, 3.8) is 0 Å². The van der Waals surface area contributed by atoms with Crippen LogP contribution < -0.4 is 14.9 Å². The van der Waals surface area contributed by atoms with Gasteiger partial charge in [-0.05, 0) is 49.6 Å². The number of carbonyl (C=O) groups is 1. The summed E-state index contributed by atoms with van der Waals surface area (Å²) in [6, 6.07) is 8.20. The molecule has 0 bridgehead atoms. The molecular weight excluding hydrogens is 488 g/mol. The van der Waals surface area contributed by atoms with Gasteiger partial charge in [-0.15, -0.1) is 11.3 Å². The molecule has 0 amide bonds. The summed E-state index contributed by atoms with van der Waals surface area (Å²) in [5.74, 6) is -0.404. The molecule has 1 atom stereocenters. The number of fused-ring (bicyclic) bond motifs is 1. The lowest BCUT2D eigenvalue weighted by Crippen LogP contribution is -2.39. The number of phenolic OH excluding ortho intramolecular Hbond substituents is 1. The molecule has 1 aliphatic rings. The molecular formula is C21H17BrN2O4S2. The first kappa shape index (κ1) is 20.8. The van der Waals surface area contributed by atoms with Crippen molar-refractivity contribution in [2.24, 2.45) is 4.99 Å². The van der Waals surface area contributed by atoms with E-state index in [1.165, 1.54) is 27.2 Å². The van der Waals surface area contributed by atoms with Gasteiger partial charge < -0.3 is 9.84 Å². The average Bonchev–Trinajstić information content (AvgIpc) is 3.33. The monoisotopic (exact) mass is 504 g/mol. The number of nitrogens with zero attached hydrogens (tertiary/aromatic N) is 2. The maximum absolute atomic E-state index is 13.4. The number of thiazole rings is 1. The summed E-state index contributed by atoms with van der Waals surface area (Å²) in [5.41, 5.74) is 1.14. The van der Waals surface area contributed by atoms with E-state index in [0.29, 0.717) is 26.2 Å². The number of carbonyl (C=O) groups excluding carboxylic acids is 1. The van der Waals surface area contributed by atoms with Gasteiger partial charge in [-0.1, -0.05) is 33.3 Å². The van der Waals surface area contributed by atoms with Crippen molar-refractivity contribution < 1.29 is 14.6 Å². The van der Waals surface area contributed by atoms with Crippen LogP contribution in [0.5, 0.6) is 5.75 Å². The fourth-order valence-corrected chi connectivity index (χ4v) is 5.53. The summed E-state index contributed by atoms with van der Waals surface area (Å²) in [5, 5.41) is 12.1. The van der Waals surface area contributed by atoms with Gasteiger partial charge in [-0.25, -0.2) is 9.79 Å². The number of phenols is 1. The van der Waals surface area contributed by atoms with Crippen LogP contribution >= 0.6 is 38.6 Å². The largest absolute Gasteiger partial charge is 0.507 e. The predicted molar refractivity (Wildman–Crippen MR) is 121 cm³/mol. The van der Waals surface area contributed by atoms with Gasteiger partial charge in [0.15, 0.2) is 4.80 Å². The van der Waals surface area contributed by atoms with Gasteiger partial charge in [0, 0.05) is 14.9 Å². The highest BCUT2D eigenvalue weighted by Gasteiger charge is 2.33. The molecule has 6 nitrogen and oxygen atoms in total. The Hall–Kier alpha value is -2.49. The molecule has 0 unspecified atom stereocenters. The van der Waals surface area contributed by atoms with Crippen LogP contribution in [-0.2, 0) is 9.53 Å². The van der Waals surface area contributed by atoms with E-state index < -0.39 is 12.0 Å². The van der Waals surface area contributed by atoms with E-state index in [1.54, 1.807) is 38.1 Å². The van der Waals surface area contributed by atoms with E-state index in [9.17, 15) is 14.7 Å². The topological polar surface area (TPSA) is 80.9 Å². The second-order valence-electron chi connectivity index (χ2n) is 6.52. The maximum Gasteiger partial charge on any atom is 0.338 e. The van der Waals surface area contributed by atoms with Gasteiger partial charge in [-0.2, -0.15) is 0 Å². The number of halogens is 1. The predicted octanol–water partition coefficient (Wildman–Crippen LogP) is 3.33. The molecule has 0 saturated carbocycles. The van der Waals surface area contributed by atoms with E-state index in [0.717, 1.165) is 9.35 Å². The molecule has 30 heavy (non-hydrogen) atoms. The lowest BCUT2D eigenvalue weighted by atomic mass is 10.0. The number of thiophene rings is 1. The van der Waals surface area contributed by atoms with Crippen LogP contribution in [0.2, 0.25) is 0 Å². The molecule has 0 spiro atoms. The second kappa shape index (κ2) is 8.33. The third-order valence-electron chi connectivity index (χ3n) is 4.61. The number of aromatic hydroxyl groups is 1. The molecule has 0 aliphatic carbocycles. The SMILES string of the molecule is CCOC(=O)C1=C(C)N=c2sc(=Cc3cc(Br)ccc3O)c(=O)n2[C@@H]1c1cccs1. The van der Waals surface area contributed by atoms with Crippen molar-refractivity contribution in [2.75, 3.05) is 6.61 Å². The Morgan fingerprint density at radius 3 is 2.90 bits per heavy atom. The van der Waals surface area contributed by atoms with Crippen LogP contribution in [0.1, 0.15) is 30.3 Å². The third-order valence-corrected chi connectivity index (χ3v) is 7.01. The summed E-state index contributed by atoms with van der Waals surface area (Å²) in [6.45, 7) is 3.73. The first-order valence-corrected chi connectivity index (χ1v) is 11.6. The molecule has 3 heterocycles. The summed E-state index contributed by atoms with van der Waals surface area (Å²) < 4.78 is 8.00. The summed E-state index contributed by atoms with van der Waals surface area (Å²) in [4.78, 5) is 32.0. The average molecular weight is 505 g/mol. The first-order chi connectivity index (χ1) is 14.4. The van der Waals surface area contributed by atoms with E-state index in [4.69, 9.17) is 4.74 Å². The van der Waals surface area contributed by atoms with Crippen molar-refractivity contribution >= 4 is 50.6 Å². The van der Waals surface area contributed by atoms with Crippen molar-refractivity contribution in [3.8, 4) is 5.75 Å². The quantitative estimate of drug-likeness (QED) is 0.552. The molecule has 3 aromatic rings. The van der Waals surface area contributed by atoms with E-state index in [1.807, 2.05) is 17.5 Å². The highest BCUT2D eigenvalue weighted by Crippen LogP contribution is 2.33. The Balaban J connectivity index is 1.96. The Kier molecular flexibility index (Phi) is 5.77. The standard InChI is InChI=1S/C21H17BrN2O4S2/c1-3-28-20(27)17-11(2)23-21-24(18(17)15-5-4-8-29-15)19(26)16(30-21)10-12-9-13(22)6-7-14(12)25/h4-10,18,25H,3H2,1-2H3/t18-/m1/s1. The van der Waals surface area contributed by atoms with Gasteiger partial charge in [0.25, 0.3) is 5.56 Å². The van der Waals surface area contributed by atoms with Gasteiger partial charge in [-0.3, -0.25) is 9.36 Å². The number of benzene rings is 1. The minimum atomic E-state index is -0.599. The molecule has 0 fully saturated rings. The summed E-state index contributed by atoms with van der Waals surface area (Å²) in [6.07, 6.45) is 1.64. The Morgan fingerprint density at radius 2 is 2.20 bits per heavy atom. The summed E-state index contributed by atoms with van der Waals surface area (Å²) in [7, 11) is 0. The molecule has 0 saturated heterocycles. The minimum absolute atomic E-state index is 0.0715. The zero-order valence-corrected chi connectivity index (χ0v) is 19.3. The molecule has 1 aromatic carbocycles. The molecule has 9 heteroatoms. The van der Waals surface area contributed by atoms with Gasteiger partial charge in [0.2, 0.25) is 0 Å². The number of aromatic nitrogens is 1. The Bertz CT molecular complexity index is 1340. The van der Waals surface area contributed by atoms with E-state index in [2.05, 4.69) is 20.9 Å². The molecule has 4 rings (SSSR count). The van der Waals surface area contributed by atoms with Crippen LogP contribution in [-0.4, -0.2) is 22.2 Å². The second-order valence-corrected chi connectivity index (χ2v) is 9.42. The Labute approximate surface area is 188 Å². The highest BCUT2D eigenvalue weighted by molar-refractivity contribution is 9.10. The van der Waals surface area contributed by atoms with Crippen LogP contribution in [0.4, 0.5) is 0 Å². The maximum atomic E-state index is 13.4. The van der Waals surface area contributed by atoms with Crippen molar-refractivity contribution in [2.45, 2.75) is 19.9 Å². The zero-order valence-electron chi connectivity index (χ0n) is 16.1. The van der Waals surface area contributed by atoms with E-state index in [-0.39, 0.29) is 17.9 Å². The molecule has 2 aromatic heterocycles. The van der Waals surface area contributed by atoms with Gasteiger partial charge in [0.05, 0.1) is 22.4 Å². The first-order valence-electron chi connectivity index (χ1n) is 9.12. The number of rotatable bonds is 4. The Morgan fingerprint density at radius 1 is 1.40 bits per heavy atom. The molecule has 1 N–H and O–H groups in total. The zero-order chi connectivity index (χ0) is 21.4. The van der Waals surface area contributed by atoms with Crippen molar-refractivity contribution in [1.82, 2.24) is 4.57 Å². The number of esters is 1. The number of hydrogen-bond acceptors (Lipinski definition) is 7. The minimum Gasteiger partial charge on any atom is -0.507 e. The number of allylic oxidation sites excluding steroid dienone is 1. The van der Waals surface area contributed by atoms with Crippen LogP contribution in [0.3, 0.4) is 0 Å². The molecule has 154 valence electrons. The third kappa shape index (κ3) is 3.68. The van der Waals surface area contributed by atoms with Crippen LogP contribution in [0, 0.1) is 0 Å². The van der Waals surface area contributed by atoms with Crippen molar-refractivity contribution in [3.05, 3.63) is 81.6 Å². The summed E-state index contributed by atoms with van der Waals surface area (Å²) >= 11 is 6.07. The van der Waals surface area contributed by atoms with Gasteiger partial charge >= 0.3 is 5.97 Å².